The molecule has 1 amide bonds. The number of carbonyl (C=O) groups excluding carboxylic acids is 2. The van der Waals surface area contributed by atoms with Gasteiger partial charge in [-0.1, -0.05) is 0 Å². The SMILES string of the molecule is O=C(COC(=O)c1cccc[n+]1[O-])Nc1ccc(N2CCCCC2)cc1. The molecule has 136 valence electrons. The number of hydrogen-bond acceptors (Lipinski definition) is 5. The number of piperidine rings is 1. The standard InChI is InChI=1S/C19H21N3O4/c23-18(14-26-19(24)17-6-2-5-13-22(17)25)20-15-7-9-16(10-8-15)21-11-3-1-4-12-21/h2,5-10,13H,1,3-4,11-12,14H2,(H,20,23). The van der Waals surface area contributed by atoms with Gasteiger partial charge in [-0.25, -0.2) is 4.79 Å². The number of anilines is 2. The fraction of sp³-hybridized carbons (Fsp3) is 0.316. The second-order valence-corrected chi connectivity index (χ2v) is 6.13. The fourth-order valence-electron chi connectivity index (χ4n) is 2.90. The molecule has 1 fully saturated rings. The number of carbonyl (C=O) groups is 2. The lowest BCUT2D eigenvalue weighted by atomic mass is 10.1. The van der Waals surface area contributed by atoms with Crippen molar-refractivity contribution in [3.8, 4) is 0 Å². The Hall–Kier alpha value is -3.09. The van der Waals surface area contributed by atoms with E-state index < -0.39 is 18.5 Å². The highest BCUT2D eigenvalue weighted by molar-refractivity contribution is 5.94. The third kappa shape index (κ3) is 4.50. The average molecular weight is 355 g/mol. The van der Waals surface area contributed by atoms with Crippen molar-refractivity contribution in [2.75, 3.05) is 29.9 Å². The zero-order valence-corrected chi connectivity index (χ0v) is 14.4. The van der Waals surface area contributed by atoms with Crippen LogP contribution in [0.5, 0.6) is 0 Å². The Kier molecular flexibility index (Phi) is 5.68. The van der Waals surface area contributed by atoms with Gasteiger partial charge in [-0.05, 0) is 49.6 Å². The van der Waals surface area contributed by atoms with Crippen LogP contribution in [0.15, 0.2) is 48.7 Å². The molecule has 7 nitrogen and oxygen atoms in total. The normalized spacial score (nSPS) is 13.9. The summed E-state index contributed by atoms with van der Waals surface area (Å²) in [4.78, 5) is 26.1. The van der Waals surface area contributed by atoms with Crippen LogP contribution >= 0.6 is 0 Å². The first kappa shape index (κ1) is 17.7. The van der Waals surface area contributed by atoms with Crippen molar-refractivity contribution in [1.82, 2.24) is 0 Å². The summed E-state index contributed by atoms with van der Waals surface area (Å²) >= 11 is 0. The summed E-state index contributed by atoms with van der Waals surface area (Å²) in [6.45, 7) is 1.66. The van der Waals surface area contributed by atoms with Crippen LogP contribution in [0, 0.1) is 5.21 Å². The maximum Gasteiger partial charge on any atom is 0.405 e. The van der Waals surface area contributed by atoms with Crippen molar-refractivity contribution in [2.45, 2.75) is 19.3 Å². The monoisotopic (exact) mass is 355 g/mol. The number of pyridine rings is 1. The topological polar surface area (TPSA) is 85.6 Å². The Morgan fingerprint density at radius 2 is 1.81 bits per heavy atom. The Morgan fingerprint density at radius 3 is 2.50 bits per heavy atom. The number of benzene rings is 1. The van der Waals surface area contributed by atoms with E-state index in [1.54, 1.807) is 6.07 Å². The van der Waals surface area contributed by atoms with Crippen molar-refractivity contribution in [1.29, 1.82) is 0 Å². The lowest BCUT2D eigenvalue weighted by Gasteiger charge is -2.28. The predicted octanol–water partition coefficient (Wildman–Crippen LogP) is 2.11. The number of amides is 1. The van der Waals surface area contributed by atoms with Crippen LogP contribution in [0.1, 0.15) is 29.8 Å². The van der Waals surface area contributed by atoms with E-state index in [4.69, 9.17) is 4.74 Å². The van der Waals surface area contributed by atoms with E-state index in [0.29, 0.717) is 10.4 Å². The Balaban J connectivity index is 1.50. The van der Waals surface area contributed by atoms with Gasteiger partial charge in [0.25, 0.3) is 5.91 Å². The third-order valence-corrected chi connectivity index (χ3v) is 4.24. The summed E-state index contributed by atoms with van der Waals surface area (Å²) in [6, 6.07) is 12.0. The Morgan fingerprint density at radius 1 is 1.08 bits per heavy atom. The van der Waals surface area contributed by atoms with Gasteiger partial charge in [0, 0.05) is 36.6 Å². The molecule has 0 radical (unpaired) electrons. The van der Waals surface area contributed by atoms with Crippen molar-refractivity contribution >= 4 is 23.3 Å². The molecular formula is C19H21N3O4. The summed E-state index contributed by atoms with van der Waals surface area (Å²) < 4.78 is 5.28. The summed E-state index contributed by atoms with van der Waals surface area (Å²) in [5, 5.41) is 14.1. The maximum absolute atomic E-state index is 11.9. The van der Waals surface area contributed by atoms with E-state index >= 15 is 0 Å². The lowest BCUT2D eigenvalue weighted by Crippen LogP contribution is -2.35. The largest absolute Gasteiger partial charge is 0.618 e. The molecule has 2 aromatic rings. The number of ether oxygens (including phenoxy) is 1. The van der Waals surface area contributed by atoms with Gasteiger partial charge >= 0.3 is 11.7 Å². The van der Waals surface area contributed by atoms with Crippen LogP contribution in [-0.2, 0) is 9.53 Å². The first-order chi connectivity index (χ1) is 12.6. The molecule has 7 heteroatoms. The third-order valence-electron chi connectivity index (χ3n) is 4.24. The molecule has 3 rings (SSSR count). The molecule has 1 aromatic heterocycles. The first-order valence-electron chi connectivity index (χ1n) is 8.64. The molecule has 0 aliphatic carbocycles. The van der Waals surface area contributed by atoms with E-state index in [0.717, 1.165) is 18.8 Å². The predicted molar refractivity (Wildman–Crippen MR) is 96.8 cm³/mol. The first-order valence-corrected chi connectivity index (χ1v) is 8.64. The van der Waals surface area contributed by atoms with Crippen molar-refractivity contribution < 1.29 is 19.1 Å². The van der Waals surface area contributed by atoms with Crippen molar-refractivity contribution in [3.63, 3.8) is 0 Å². The van der Waals surface area contributed by atoms with Crippen LogP contribution < -0.4 is 14.9 Å². The summed E-state index contributed by atoms with van der Waals surface area (Å²) in [6.07, 6.45) is 4.88. The van der Waals surface area contributed by atoms with E-state index in [1.807, 2.05) is 24.3 Å². The zero-order valence-electron chi connectivity index (χ0n) is 14.4. The molecule has 26 heavy (non-hydrogen) atoms. The smallest absolute Gasteiger partial charge is 0.405 e. The number of hydrogen-bond donors (Lipinski definition) is 1. The average Bonchev–Trinajstić information content (AvgIpc) is 2.68. The molecule has 1 saturated heterocycles. The summed E-state index contributed by atoms with van der Waals surface area (Å²) in [7, 11) is 0. The van der Waals surface area contributed by atoms with Gasteiger partial charge in [-0.15, -0.1) is 0 Å². The van der Waals surface area contributed by atoms with Crippen LogP contribution in [0.25, 0.3) is 0 Å². The number of aromatic nitrogens is 1. The van der Waals surface area contributed by atoms with Crippen LogP contribution in [0.3, 0.4) is 0 Å². The highest BCUT2D eigenvalue weighted by Gasteiger charge is 2.18. The van der Waals surface area contributed by atoms with Crippen molar-refractivity contribution in [3.05, 3.63) is 59.6 Å². The van der Waals surface area contributed by atoms with Gasteiger partial charge in [0.2, 0.25) is 0 Å². The molecule has 0 saturated carbocycles. The molecule has 0 bridgehead atoms. The quantitative estimate of drug-likeness (QED) is 0.504. The minimum Gasteiger partial charge on any atom is -0.618 e. The molecular weight excluding hydrogens is 334 g/mol. The van der Waals surface area contributed by atoms with Gasteiger partial charge in [0.1, 0.15) is 0 Å². The number of rotatable bonds is 5. The zero-order chi connectivity index (χ0) is 18.4. The molecule has 0 spiro atoms. The fourth-order valence-corrected chi connectivity index (χ4v) is 2.90. The molecule has 2 heterocycles. The van der Waals surface area contributed by atoms with E-state index in [1.165, 1.54) is 37.6 Å². The summed E-state index contributed by atoms with van der Waals surface area (Å²) in [5.74, 6) is -1.30. The molecule has 0 atom stereocenters. The Labute approximate surface area is 151 Å². The Bertz CT molecular complexity index is 771. The summed E-state index contributed by atoms with van der Waals surface area (Å²) in [5.41, 5.74) is 1.61. The van der Waals surface area contributed by atoms with E-state index in [-0.39, 0.29) is 5.69 Å². The lowest BCUT2D eigenvalue weighted by molar-refractivity contribution is -0.608. The van der Waals surface area contributed by atoms with Gasteiger partial charge in [0.05, 0.1) is 0 Å². The second-order valence-electron chi connectivity index (χ2n) is 6.13. The van der Waals surface area contributed by atoms with E-state index in [2.05, 4.69) is 10.2 Å². The van der Waals surface area contributed by atoms with Gasteiger partial charge in [0.15, 0.2) is 12.8 Å². The van der Waals surface area contributed by atoms with Gasteiger partial charge in [-0.3, -0.25) is 4.79 Å². The minimum absolute atomic E-state index is 0.161. The molecule has 1 N–H and O–H groups in total. The van der Waals surface area contributed by atoms with Crippen molar-refractivity contribution in [2.24, 2.45) is 0 Å². The van der Waals surface area contributed by atoms with E-state index in [9.17, 15) is 14.8 Å². The molecule has 1 aliphatic heterocycles. The minimum atomic E-state index is -0.837. The van der Waals surface area contributed by atoms with Crippen LogP contribution in [-0.4, -0.2) is 31.6 Å². The molecule has 1 aliphatic rings. The number of nitrogens with one attached hydrogen (secondary N) is 1. The number of esters is 1. The maximum atomic E-state index is 11.9. The van der Waals surface area contributed by atoms with Crippen LogP contribution in [0.4, 0.5) is 11.4 Å². The highest BCUT2D eigenvalue weighted by atomic mass is 16.5. The van der Waals surface area contributed by atoms with Crippen LogP contribution in [0.2, 0.25) is 0 Å². The van der Waals surface area contributed by atoms with Gasteiger partial charge < -0.3 is 20.2 Å². The highest BCUT2D eigenvalue weighted by Crippen LogP contribution is 2.21. The molecule has 0 unspecified atom stereocenters. The number of nitrogens with zero attached hydrogens (tertiary/aromatic N) is 2. The second kappa shape index (κ2) is 8.33. The molecule has 1 aromatic carbocycles. The van der Waals surface area contributed by atoms with Gasteiger partial charge in [-0.2, -0.15) is 4.73 Å².